The van der Waals surface area contributed by atoms with Crippen molar-refractivity contribution in [3.8, 4) is 0 Å². The zero-order chi connectivity index (χ0) is 8.23. The Balaban J connectivity index is 0.000000845. The zero-order valence-corrected chi connectivity index (χ0v) is 9.35. The molecule has 1 aliphatic heterocycles. The van der Waals surface area contributed by atoms with Gasteiger partial charge < -0.3 is 5.32 Å². The SMILES string of the molecule is C1=CC(c2cccnc2)NCC1.Cl.Cl. The van der Waals surface area contributed by atoms with Crippen LogP contribution in [0.4, 0.5) is 0 Å². The highest BCUT2D eigenvalue weighted by Crippen LogP contribution is 2.15. The van der Waals surface area contributed by atoms with Crippen LogP contribution in [0.15, 0.2) is 36.7 Å². The lowest BCUT2D eigenvalue weighted by Crippen LogP contribution is -2.23. The molecule has 0 saturated heterocycles. The molecule has 0 fully saturated rings. The molecular formula is C10H14Cl2N2. The Labute approximate surface area is 96.6 Å². The number of halogens is 2. The number of hydrogen-bond acceptors (Lipinski definition) is 2. The minimum absolute atomic E-state index is 0. The second-order valence-corrected chi connectivity index (χ2v) is 2.93. The molecule has 2 heterocycles. The largest absolute Gasteiger partial charge is 0.306 e. The monoisotopic (exact) mass is 232 g/mol. The van der Waals surface area contributed by atoms with Crippen LogP contribution in [-0.4, -0.2) is 11.5 Å². The van der Waals surface area contributed by atoms with E-state index in [1.165, 1.54) is 5.56 Å². The topological polar surface area (TPSA) is 24.9 Å². The molecule has 1 atom stereocenters. The van der Waals surface area contributed by atoms with Gasteiger partial charge in [-0.2, -0.15) is 0 Å². The first-order valence-corrected chi connectivity index (χ1v) is 4.27. The molecule has 1 aromatic heterocycles. The average molecular weight is 233 g/mol. The van der Waals surface area contributed by atoms with Gasteiger partial charge in [0, 0.05) is 12.4 Å². The lowest BCUT2D eigenvalue weighted by Gasteiger charge is -2.17. The molecule has 0 aliphatic carbocycles. The standard InChI is InChI=1S/C10H12N2.2ClH/c1-2-7-12-10(5-1)9-4-3-6-11-8-9;;/h1,3-6,8,10,12H,2,7H2;2*1H. The number of nitrogens with zero attached hydrogens (tertiary/aromatic N) is 1. The lowest BCUT2D eigenvalue weighted by atomic mass is 10.1. The molecule has 0 amide bonds. The van der Waals surface area contributed by atoms with Crippen molar-refractivity contribution in [3.63, 3.8) is 0 Å². The molecular weight excluding hydrogens is 219 g/mol. The highest BCUT2D eigenvalue weighted by atomic mass is 35.5. The Morgan fingerprint density at radius 3 is 2.79 bits per heavy atom. The van der Waals surface area contributed by atoms with Gasteiger partial charge in [-0.05, 0) is 24.6 Å². The first-order chi connectivity index (χ1) is 5.97. The van der Waals surface area contributed by atoms with E-state index in [0.29, 0.717) is 6.04 Å². The lowest BCUT2D eigenvalue weighted by molar-refractivity contribution is 0.599. The van der Waals surface area contributed by atoms with E-state index >= 15 is 0 Å². The molecule has 1 aromatic rings. The Morgan fingerprint density at radius 1 is 1.36 bits per heavy atom. The van der Waals surface area contributed by atoms with Crippen molar-refractivity contribution in [2.75, 3.05) is 6.54 Å². The number of nitrogens with one attached hydrogen (secondary N) is 1. The Kier molecular flexibility index (Phi) is 6.54. The Morgan fingerprint density at radius 2 is 2.21 bits per heavy atom. The minimum Gasteiger partial charge on any atom is -0.306 e. The summed E-state index contributed by atoms with van der Waals surface area (Å²) in [5.74, 6) is 0. The highest BCUT2D eigenvalue weighted by molar-refractivity contribution is 5.85. The van der Waals surface area contributed by atoms with Crippen molar-refractivity contribution >= 4 is 24.8 Å². The third-order valence-corrected chi connectivity index (χ3v) is 2.05. The van der Waals surface area contributed by atoms with Gasteiger partial charge in [-0.15, -0.1) is 24.8 Å². The van der Waals surface area contributed by atoms with Gasteiger partial charge in [-0.1, -0.05) is 18.2 Å². The quantitative estimate of drug-likeness (QED) is 0.754. The van der Waals surface area contributed by atoms with Gasteiger partial charge >= 0.3 is 0 Å². The summed E-state index contributed by atoms with van der Waals surface area (Å²) in [6.07, 6.45) is 9.26. The molecule has 0 spiro atoms. The van der Waals surface area contributed by atoms with E-state index in [1.54, 1.807) is 6.20 Å². The molecule has 1 N–H and O–H groups in total. The molecule has 78 valence electrons. The van der Waals surface area contributed by atoms with Crippen LogP contribution in [0.3, 0.4) is 0 Å². The normalized spacial score (nSPS) is 19.3. The van der Waals surface area contributed by atoms with Crippen molar-refractivity contribution in [2.24, 2.45) is 0 Å². The van der Waals surface area contributed by atoms with Crippen LogP contribution in [-0.2, 0) is 0 Å². The number of hydrogen-bond donors (Lipinski definition) is 1. The summed E-state index contributed by atoms with van der Waals surface area (Å²) in [5.41, 5.74) is 1.24. The molecule has 2 nitrogen and oxygen atoms in total. The summed E-state index contributed by atoms with van der Waals surface area (Å²) in [6.45, 7) is 1.07. The number of aromatic nitrogens is 1. The smallest absolute Gasteiger partial charge is 0.0521 e. The van der Waals surface area contributed by atoms with E-state index in [4.69, 9.17) is 0 Å². The van der Waals surface area contributed by atoms with Crippen molar-refractivity contribution in [3.05, 3.63) is 42.2 Å². The first-order valence-electron chi connectivity index (χ1n) is 4.27. The van der Waals surface area contributed by atoms with Crippen molar-refractivity contribution in [1.29, 1.82) is 0 Å². The van der Waals surface area contributed by atoms with Gasteiger partial charge in [0.25, 0.3) is 0 Å². The van der Waals surface area contributed by atoms with Crippen LogP contribution >= 0.6 is 24.8 Å². The highest BCUT2D eigenvalue weighted by Gasteiger charge is 2.08. The minimum atomic E-state index is 0. The van der Waals surface area contributed by atoms with Crippen LogP contribution in [0.2, 0.25) is 0 Å². The van der Waals surface area contributed by atoms with Gasteiger partial charge in [0.05, 0.1) is 6.04 Å². The second-order valence-electron chi connectivity index (χ2n) is 2.93. The third-order valence-electron chi connectivity index (χ3n) is 2.05. The van der Waals surface area contributed by atoms with Gasteiger partial charge in [0.2, 0.25) is 0 Å². The molecule has 0 saturated carbocycles. The maximum atomic E-state index is 4.09. The van der Waals surface area contributed by atoms with Gasteiger partial charge in [-0.3, -0.25) is 4.98 Å². The van der Waals surface area contributed by atoms with Crippen LogP contribution in [0.5, 0.6) is 0 Å². The predicted molar refractivity (Wildman–Crippen MR) is 63.2 cm³/mol. The second kappa shape index (κ2) is 6.82. The molecule has 1 aliphatic rings. The third kappa shape index (κ3) is 3.29. The molecule has 0 aromatic carbocycles. The summed E-state index contributed by atoms with van der Waals surface area (Å²) in [5, 5.41) is 3.41. The van der Waals surface area contributed by atoms with E-state index in [0.717, 1.165) is 13.0 Å². The van der Waals surface area contributed by atoms with Crippen molar-refractivity contribution < 1.29 is 0 Å². The van der Waals surface area contributed by atoms with Crippen molar-refractivity contribution in [2.45, 2.75) is 12.5 Å². The fourth-order valence-corrected chi connectivity index (χ4v) is 1.41. The summed E-state index contributed by atoms with van der Waals surface area (Å²) in [6, 6.07) is 4.44. The molecule has 4 heteroatoms. The Hall–Kier alpha value is -0.570. The van der Waals surface area contributed by atoms with E-state index in [-0.39, 0.29) is 24.8 Å². The van der Waals surface area contributed by atoms with E-state index in [1.807, 2.05) is 12.3 Å². The molecule has 0 radical (unpaired) electrons. The van der Waals surface area contributed by atoms with Crippen LogP contribution in [0.1, 0.15) is 18.0 Å². The fourth-order valence-electron chi connectivity index (χ4n) is 1.41. The molecule has 1 unspecified atom stereocenters. The van der Waals surface area contributed by atoms with Crippen LogP contribution < -0.4 is 5.32 Å². The van der Waals surface area contributed by atoms with Gasteiger partial charge in [-0.25, -0.2) is 0 Å². The fraction of sp³-hybridized carbons (Fsp3) is 0.300. The number of pyridine rings is 1. The maximum absolute atomic E-state index is 4.09. The summed E-state index contributed by atoms with van der Waals surface area (Å²) < 4.78 is 0. The van der Waals surface area contributed by atoms with Gasteiger partial charge in [0.1, 0.15) is 0 Å². The van der Waals surface area contributed by atoms with Gasteiger partial charge in [0.15, 0.2) is 0 Å². The summed E-state index contributed by atoms with van der Waals surface area (Å²) in [4.78, 5) is 4.09. The first kappa shape index (κ1) is 13.4. The Bertz CT molecular complexity index is 275. The number of rotatable bonds is 1. The maximum Gasteiger partial charge on any atom is 0.0521 e. The van der Waals surface area contributed by atoms with E-state index in [9.17, 15) is 0 Å². The molecule has 2 rings (SSSR count). The summed E-state index contributed by atoms with van der Waals surface area (Å²) in [7, 11) is 0. The van der Waals surface area contributed by atoms with Crippen molar-refractivity contribution in [1.82, 2.24) is 10.3 Å². The zero-order valence-electron chi connectivity index (χ0n) is 7.72. The summed E-state index contributed by atoms with van der Waals surface area (Å²) >= 11 is 0. The van der Waals surface area contributed by atoms with Crippen LogP contribution in [0, 0.1) is 0 Å². The van der Waals surface area contributed by atoms with E-state index in [2.05, 4.69) is 28.5 Å². The van der Waals surface area contributed by atoms with E-state index < -0.39 is 0 Å². The van der Waals surface area contributed by atoms with Crippen LogP contribution in [0.25, 0.3) is 0 Å². The molecule has 14 heavy (non-hydrogen) atoms. The average Bonchev–Trinajstić information content (AvgIpc) is 2.21. The molecule has 0 bridgehead atoms. The predicted octanol–water partition coefficient (Wildman–Crippen LogP) is 2.52.